The number of hydrogen-bond donors (Lipinski definition) is 1. The molecular formula is C27H23ClN2O. The molecule has 31 heavy (non-hydrogen) atoms. The number of nitrogens with one attached hydrogen (secondary N) is 1. The van der Waals surface area contributed by atoms with Gasteiger partial charge < -0.3 is 5.32 Å². The number of carbonyl (C=O) groups is 1. The Hall–Kier alpha value is -3.17. The Kier molecular flexibility index (Phi) is 5.21. The molecule has 0 spiro atoms. The molecule has 154 valence electrons. The van der Waals surface area contributed by atoms with Crippen molar-refractivity contribution < 1.29 is 4.79 Å². The van der Waals surface area contributed by atoms with Crippen molar-refractivity contribution in [2.24, 2.45) is 0 Å². The van der Waals surface area contributed by atoms with E-state index >= 15 is 0 Å². The summed E-state index contributed by atoms with van der Waals surface area (Å²) in [5, 5.41) is 4.84. The third-order valence-corrected chi connectivity index (χ3v) is 6.37. The molecule has 5 rings (SSSR count). The van der Waals surface area contributed by atoms with Crippen LogP contribution < -0.4 is 5.32 Å². The topological polar surface area (TPSA) is 42.0 Å². The van der Waals surface area contributed by atoms with Crippen molar-refractivity contribution >= 4 is 28.4 Å². The SMILES string of the molecule is Cc1c(-c2cccc(Cl)c2)nc2ccccc2c1C(=O)N[C@H]1CCCc2ccccc21. The zero-order valence-corrected chi connectivity index (χ0v) is 18.1. The smallest absolute Gasteiger partial charge is 0.252 e. The lowest BCUT2D eigenvalue weighted by Crippen LogP contribution is -2.31. The molecule has 0 bridgehead atoms. The van der Waals surface area contributed by atoms with Crippen LogP contribution in [-0.2, 0) is 6.42 Å². The van der Waals surface area contributed by atoms with Gasteiger partial charge in [-0.15, -0.1) is 0 Å². The van der Waals surface area contributed by atoms with Crippen LogP contribution in [0.25, 0.3) is 22.2 Å². The quantitative estimate of drug-likeness (QED) is 0.397. The molecule has 3 aromatic carbocycles. The lowest BCUT2D eigenvalue weighted by molar-refractivity contribution is 0.0934. The monoisotopic (exact) mass is 426 g/mol. The van der Waals surface area contributed by atoms with Crippen LogP contribution in [0.3, 0.4) is 0 Å². The van der Waals surface area contributed by atoms with Crippen LogP contribution in [0.2, 0.25) is 5.02 Å². The Morgan fingerprint density at radius 2 is 1.84 bits per heavy atom. The molecule has 0 unspecified atom stereocenters. The van der Waals surface area contributed by atoms with E-state index < -0.39 is 0 Å². The number of hydrogen-bond acceptors (Lipinski definition) is 2. The highest BCUT2D eigenvalue weighted by Crippen LogP contribution is 2.33. The molecule has 3 nitrogen and oxygen atoms in total. The van der Waals surface area contributed by atoms with Gasteiger partial charge in [-0.2, -0.15) is 0 Å². The minimum Gasteiger partial charge on any atom is -0.345 e. The van der Waals surface area contributed by atoms with Crippen LogP contribution in [0.4, 0.5) is 0 Å². The van der Waals surface area contributed by atoms with Gasteiger partial charge in [0.25, 0.3) is 5.91 Å². The van der Waals surface area contributed by atoms with E-state index in [2.05, 4.69) is 23.5 Å². The number of rotatable bonds is 3. The highest BCUT2D eigenvalue weighted by atomic mass is 35.5. The van der Waals surface area contributed by atoms with Gasteiger partial charge in [0.1, 0.15) is 0 Å². The van der Waals surface area contributed by atoms with Gasteiger partial charge in [0.15, 0.2) is 0 Å². The Morgan fingerprint density at radius 1 is 1.03 bits per heavy atom. The predicted octanol–water partition coefficient (Wildman–Crippen LogP) is 6.67. The fourth-order valence-electron chi connectivity index (χ4n) is 4.65. The summed E-state index contributed by atoms with van der Waals surface area (Å²) in [4.78, 5) is 18.5. The number of benzene rings is 3. The van der Waals surface area contributed by atoms with Crippen molar-refractivity contribution in [2.45, 2.75) is 32.2 Å². The van der Waals surface area contributed by atoms with Crippen molar-refractivity contribution in [3.05, 3.63) is 100 Å². The lowest BCUT2D eigenvalue weighted by Gasteiger charge is -2.27. The zero-order chi connectivity index (χ0) is 21.4. The Bertz CT molecular complexity index is 1300. The first-order valence-corrected chi connectivity index (χ1v) is 11.0. The molecule has 0 fully saturated rings. The molecule has 1 aromatic heterocycles. The van der Waals surface area contributed by atoms with E-state index in [1.54, 1.807) is 0 Å². The van der Waals surface area contributed by atoms with Gasteiger partial charge in [0.05, 0.1) is 22.8 Å². The minimum absolute atomic E-state index is 0.0263. The summed E-state index contributed by atoms with van der Waals surface area (Å²) in [6, 6.07) is 23.9. The van der Waals surface area contributed by atoms with Crippen molar-refractivity contribution in [3.63, 3.8) is 0 Å². The number of fused-ring (bicyclic) bond motifs is 2. The summed E-state index contributed by atoms with van der Waals surface area (Å²) in [6.45, 7) is 1.97. The molecule has 0 radical (unpaired) electrons. The summed E-state index contributed by atoms with van der Waals surface area (Å²) < 4.78 is 0. The molecule has 0 aliphatic heterocycles. The van der Waals surface area contributed by atoms with E-state index in [9.17, 15) is 4.79 Å². The fourth-order valence-corrected chi connectivity index (χ4v) is 4.84. The third kappa shape index (κ3) is 3.70. The Labute approximate surface area is 187 Å². The van der Waals surface area contributed by atoms with Crippen molar-refractivity contribution in [1.29, 1.82) is 0 Å². The van der Waals surface area contributed by atoms with Gasteiger partial charge in [-0.05, 0) is 61.1 Å². The zero-order valence-electron chi connectivity index (χ0n) is 17.4. The second-order valence-electron chi connectivity index (χ2n) is 8.10. The van der Waals surface area contributed by atoms with E-state index in [4.69, 9.17) is 16.6 Å². The second kappa shape index (κ2) is 8.16. The van der Waals surface area contributed by atoms with E-state index in [1.165, 1.54) is 11.1 Å². The molecule has 4 aromatic rings. The maximum Gasteiger partial charge on any atom is 0.252 e. The normalized spacial score (nSPS) is 15.5. The maximum absolute atomic E-state index is 13.6. The lowest BCUT2D eigenvalue weighted by atomic mass is 9.87. The fraction of sp³-hybridized carbons (Fsp3) is 0.185. The number of aromatic nitrogens is 1. The molecule has 0 saturated carbocycles. The van der Waals surface area contributed by atoms with Crippen LogP contribution in [0.1, 0.15) is 45.9 Å². The van der Waals surface area contributed by atoms with Crippen LogP contribution in [0, 0.1) is 6.92 Å². The minimum atomic E-state index is -0.0546. The first kappa shape index (κ1) is 19.8. The molecule has 1 aliphatic rings. The molecule has 1 N–H and O–H groups in total. The highest BCUT2D eigenvalue weighted by Gasteiger charge is 2.25. The van der Waals surface area contributed by atoms with Gasteiger partial charge in [0, 0.05) is 16.0 Å². The number of aryl methyl sites for hydroxylation is 1. The largest absolute Gasteiger partial charge is 0.345 e. The molecule has 1 heterocycles. The number of pyridine rings is 1. The Balaban J connectivity index is 1.61. The first-order chi connectivity index (χ1) is 15.1. The van der Waals surface area contributed by atoms with Crippen LogP contribution in [0.15, 0.2) is 72.8 Å². The summed E-state index contributed by atoms with van der Waals surface area (Å²) in [5.74, 6) is -0.0546. The van der Waals surface area contributed by atoms with Crippen molar-refractivity contribution in [1.82, 2.24) is 10.3 Å². The molecule has 1 atom stereocenters. The molecular weight excluding hydrogens is 404 g/mol. The van der Waals surface area contributed by atoms with Gasteiger partial charge in [0.2, 0.25) is 0 Å². The van der Waals surface area contributed by atoms with E-state index in [0.717, 1.165) is 47.0 Å². The van der Waals surface area contributed by atoms with Crippen LogP contribution in [0.5, 0.6) is 0 Å². The van der Waals surface area contributed by atoms with E-state index in [-0.39, 0.29) is 11.9 Å². The van der Waals surface area contributed by atoms with Gasteiger partial charge in [-0.3, -0.25) is 4.79 Å². The number of amides is 1. The third-order valence-electron chi connectivity index (χ3n) is 6.14. The number of nitrogens with zero attached hydrogens (tertiary/aromatic N) is 1. The number of halogens is 1. The van der Waals surface area contributed by atoms with Crippen LogP contribution >= 0.6 is 11.6 Å². The van der Waals surface area contributed by atoms with E-state index in [0.29, 0.717) is 10.6 Å². The van der Waals surface area contributed by atoms with Gasteiger partial charge >= 0.3 is 0 Å². The number of carbonyl (C=O) groups excluding carboxylic acids is 1. The summed E-state index contributed by atoms with van der Waals surface area (Å²) >= 11 is 6.24. The van der Waals surface area contributed by atoms with Crippen LogP contribution in [-0.4, -0.2) is 10.9 Å². The van der Waals surface area contributed by atoms with E-state index in [1.807, 2.05) is 61.5 Å². The Morgan fingerprint density at radius 3 is 2.71 bits per heavy atom. The predicted molar refractivity (Wildman–Crippen MR) is 127 cm³/mol. The number of para-hydroxylation sites is 1. The molecule has 0 saturated heterocycles. The summed E-state index contributed by atoms with van der Waals surface area (Å²) in [7, 11) is 0. The molecule has 1 amide bonds. The highest BCUT2D eigenvalue weighted by molar-refractivity contribution is 6.30. The standard InChI is InChI=1S/C27H23ClN2O/c1-17-25(27(31)30-23-15-7-9-18-8-2-3-12-21(18)23)22-13-4-5-14-24(22)29-26(17)19-10-6-11-20(28)16-19/h2-6,8,10-14,16,23H,7,9,15H2,1H3,(H,30,31)/t23-/m0/s1. The first-order valence-electron chi connectivity index (χ1n) is 10.7. The average Bonchev–Trinajstić information content (AvgIpc) is 2.79. The average molecular weight is 427 g/mol. The van der Waals surface area contributed by atoms with Gasteiger partial charge in [-0.25, -0.2) is 4.98 Å². The molecule has 4 heteroatoms. The maximum atomic E-state index is 13.6. The van der Waals surface area contributed by atoms with Crippen molar-refractivity contribution in [3.8, 4) is 11.3 Å². The van der Waals surface area contributed by atoms with Gasteiger partial charge in [-0.1, -0.05) is 66.2 Å². The molecule has 1 aliphatic carbocycles. The second-order valence-corrected chi connectivity index (χ2v) is 8.54. The van der Waals surface area contributed by atoms with Crippen molar-refractivity contribution in [2.75, 3.05) is 0 Å². The summed E-state index contributed by atoms with van der Waals surface area (Å²) in [5.41, 5.74) is 6.61. The summed E-state index contributed by atoms with van der Waals surface area (Å²) in [6.07, 6.45) is 3.09.